The van der Waals surface area contributed by atoms with Crippen molar-refractivity contribution in [3.63, 3.8) is 0 Å². The summed E-state index contributed by atoms with van der Waals surface area (Å²) in [4.78, 5) is 8.53. The van der Waals surface area contributed by atoms with Gasteiger partial charge in [-0.15, -0.1) is 22.7 Å². The van der Waals surface area contributed by atoms with Crippen molar-refractivity contribution in [2.24, 2.45) is 5.92 Å². The fourth-order valence-electron chi connectivity index (χ4n) is 1.47. The van der Waals surface area contributed by atoms with Crippen molar-refractivity contribution >= 4 is 22.7 Å². The monoisotopic (exact) mass is 237 g/mol. The molecule has 1 nitrogen and oxygen atoms in total. The predicted molar refractivity (Wildman–Crippen MR) is 68.7 cm³/mol. The molecule has 0 aliphatic heterocycles. The largest absolute Gasteiger partial charge is 0.243 e. The van der Waals surface area contributed by atoms with Crippen LogP contribution in [0.4, 0.5) is 0 Å². The van der Waals surface area contributed by atoms with Gasteiger partial charge in [0.15, 0.2) is 0 Å². The van der Waals surface area contributed by atoms with Crippen molar-refractivity contribution in [2.45, 2.75) is 27.2 Å². The maximum absolute atomic E-state index is 4.48. The minimum atomic E-state index is 0.711. The van der Waals surface area contributed by atoms with Crippen molar-refractivity contribution in [1.82, 2.24) is 4.98 Å². The summed E-state index contributed by atoms with van der Waals surface area (Å²) in [6, 6.07) is 4.32. The first-order valence-electron chi connectivity index (χ1n) is 5.16. The van der Waals surface area contributed by atoms with E-state index >= 15 is 0 Å². The van der Waals surface area contributed by atoms with Crippen LogP contribution in [0, 0.1) is 12.8 Å². The lowest BCUT2D eigenvalue weighted by atomic mass is 10.1. The van der Waals surface area contributed by atoms with E-state index in [1.807, 2.05) is 28.9 Å². The molecule has 0 amide bonds. The summed E-state index contributed by atoms with van der Waals surface area (Å²) in [5.74, 6) is 0.711. The quantitative estimate of drug-likeness (QED) is 0.772. The molecule has 0 saturated carbocycles. The highest BCUT2D eigenvalue weighted by Gasteiger charge is 2.07. The number of aromatic nitrogens is 1. The second kappa shape index (κ2) is 4.45. The van der Waals surface area contributed by atoms with Crippen LogP contribution in [0.25, 0.3) is 9.88 Å². The van der Waals surface area contributed by atoms with Gasteiger partial charge in [0.25, 0.3) is 0 Å². The average Bonchev–Trinajstić information content (AvgIpc) is 2.72. The summed E-state index contributed by atoms with van der Waals surface area (Å²) in [5.41, 5.74) is 0. The number of nitrogens with zero attached hydrogens (tertiary/aromatic N) is 1. The predicted octanol–water partition coefficient (Wildman–Crippen LogP) is 4.38. The maximum Gasteiger partial charge on any atom is 0.133 e. The lowest BCUT2D eigenvalue weighted by Gasteiger charge is -1.98. The Morgan fingerprint density at radius 3 is 2.67 bits per heavy atom. The third-order valence-electron chi connectivity index (χ3n) is 2.11. The molecule has 3 heteroatoms. The van der Waals surface area contributed by atoms with Gasteiger partial charge in [-0.1, -0.05) is 13.8 Å². The van der Waals surface area contributed by atoms with Crippen LogP contribution in [-0.4, -0.2) is 4.98 Å². The van der Waals surface area contributed by atoms with Crippen molar-refractivity contribution in [1.29, 1.82) is 0 Å². The van der Waals surface area contributed by atoms with Gasteiger partial charge < -0.3 is 0 Å². The molecule has 0 bridgehead atoms. The zero-order chi connectivity index (χ0) is 10.8. The fraction of sp³-hybridized carbons (Fsp3) is 0.417. The van der Waals surface area contributed by atoms with Gasteiger partial charge in [0.2, 0.25) is 0 Å². The van der Waals surface area contributed by atoms with Crippen molar-refractivity contribution in [2.75, 3.05) is 0 Å². The Morgan fingerprint density at radius 2 is 2.07 bits per heavy atom. The summed E-state index contributed by atoms with van der Waals surface area (Å²) in [6.07, 6.45) is 3.16. The average molecular weight is 237 g/mol. The molecule has 0 aromatic carbocycles. The molecule has 0 spiro atoms. The van der Waals surface area contributed by atoms with E-state index < -0.39 is 0 Å². The van der Waals surface area contributed by atoms with Crippen molar-refractivity contribution in [3.05, 3.63) is 28.1 Å². The molecule has 2 rings (SSSR count). The van der Waals surface area contributed by atoms with Gasteiger partial charge in [0.1, 0.15) is 5.01 Å². The number of aryl methyl sites for hydroxylation is 1. The molecule has 2 aromatic heterocycles. The molecular weight excluding hydrogens is 222 g/mol. The molecule has 80 valence electrons. The van der Waals surface area contributed by atoms with Gasteiger partial charge in [-0.05, 0) is 31.4 Å². The molecule has 0 saturated heterocycles. The smallest absolute Gasteiger partial charge is 0.133 e. The molecule has 0 aliphatic rings. The van der Waals surface area contributed by atoms with E-state index in [4.69, 9.17) is 0 Å². The topological polar surface area (TPSA) is 12.9 Å². The highest BCUT2D eigenvalue weighted by molar-refractivity contribution is 7.21. The van der Waals surface area contributed by atoms with Crippen LogP contribution in [0.2, 0.25) is 0 Å². The Hall–Kier alpha value is -0.670. The van der Waals surface area contributed by atoms with Gasteiger partial charge in [-0.3, -0.25) is 0 Å². The summed E-state index contributed by atoms with van der Waals surface area (Å²) in [5, 5.41) is 1.17. The standard InChI is InChI=1S/C12H15NS2/c1-8(2)6-10-7-13-12(15-10)11-5-4-9(3)14-11/h4-5,7-8H,6H2,1-3H3. The van der Waals surface area contributed by atoms with Crippen molar-refractivity contribution < 1.29 is 0 Å². The molecule has 0 fully saturated rings. The molecule has 2 aromatic rings. The maximum atomic E-state index is 4.48. The van der Waals surface area contributed by atoms with E-state index in [1.165, 1.54) is 19.6 Å². The summed E-state index contributed by atoms with van der Waals surface area (Å²) >= 11 is 3.65. The Morgan fingerprint density at radius 1 is 1.27 bits per heavy atom. The molecular formula is C12H15NS2. The van der Waals surface area contributed by atoms with E-state index in [0.29, 0.717) is 5.92 Å². The minimum Gasteiger partial charge on any atom is -0.243 e. The van der Waals surface area contributed by atoms with Gasteiger partial charge in [0.05, 0.1) is 4.88 Å². The minimum absolute atomic E-state index is 0.711. The van der Waals surface area contributed by atoms with E-state index in [-0.39, 0.29) is 0 Å². The molecule has 0 radical (unpaired) electrons. The Kier molecular flexibility index (Phi) is 3.22. The van der Waals surface area contributed by atoms with Crippen LogP contribution in [0.1, 0.15) is 23.6 Å². The van der Waals surface area contributed by atoms with E-state index in [0.717, 1.165) is 6.42 Å². The number of rotatable bonds is 3. The van der Waals surface area contributed by atoms with E-state index in [2.05, 4.69) is 37.9 Å². The summed E-state index contributed by atoms with van der Waals surface area (Å²) in [7, 11) is 0. The molecule has 0 unspecified atom stereocenters. The first-order valence-corrected chi connectivity index (χ1v) is 6.80. The first kappa shape index (κ1) is 10.8. The van der Waals surface area contributed by atoms with Gasteiger partial charge in [-0.25, -0.2) is 4.98 Å². The van der Waals surface area contributed by atoms with Crippen LogP contribution in [0.5, 0.6) is 0 Å². The van der Waals surface area contributed by atoms with Crippen LogP contribution < -0.4 is 0 Å². The first-order chi connectivity index (χ1) is 7.15. The van der Waals surface area contributed by atoms with Gasteiger partial charge in [0, 0.05) is 16.0 Å². The Bertz CT molecular complexity index is 440. The second-order valence-corrected chi connectivity index (χ2v) is 6.54. The molecule has 0 atom stereocenters. The molecule has 2 heterocycles. The van der Waals surface area contributed by atoms with Gasteiger partial charge >= 0.3 is 0 Å². The number of thiazole rings is 1. The Balaban J connectivity index is 2.20. The molecule has 0 N–H and O–H groups in total. The SMILES string of the molecule is Cc1ccc(-c2ncc(CC(C)C)s2)s1. The lowest BCUT2D eigenvalue weighted by Crippen LogP contribution is -1.89. The molecule has 0 aliphatic carbocycles. The molecule has 15 heavy (non-hydrogen) atoms. The second-order valence-electron chi connectivity index (χ2n) is 4.14. The number of hydrogen-bond acceptors (Lipinski definition) is 3. The Labute approximate surface area is 98.8 Å². The lowest BCUT2D eigenvalue weighted by molar-refractivity contribution is 0.653. The third kappa shape index (κ3) is 2.67. The summed E-state index contributed by atoms with van der Waals surface area (Å²) < 4.78 is 0. The van der Waals surface area contributed by atoms with Crippen LogP contribution in [0.15, 0.2) is 18.3 Å². The number of hydrogen-bond donors (Lipinski definition) is 0. The van der Waals surface area contributed by atoms with Crippen LogP contribution >= 0.6 is 22.7 Å². The summed E-state index contributed by atoms with van der Waals surface area (Å²) in [6.45, 7) is 6.63. The number of thiophene rings is 1. The van der Waals surface area contributed by atoms with Gasteiger partial charge in [-0.2, -0.15) is 0 Å². The normalized spacial score (nSPS) is 11.2. The van der Waals surface area contributed by atoms with Crippen molar-refractivity contribution in [3.8, 4) is 9.88 Å². The van der Waals surface area contributed by atoms with E-state index in [1.54, 1.807) is 0 Å². The van der Waals surface area contributed by atoms with Crippen LogP contribution in [-0.2, 0) is 6.42 Å². The zero-order valence-electron chi connectivity index (χ0n) is 9.28. The third-order valence-corrected chi connectivity index (χ3v) is 4.30. The highest BCUT2D eigenvalue weighted by atomic mass is 32.1. The highest BCUT2D eigenvalue weighted by Crippen LogP contribution is 2.31. The fourth-order valence-corrected chi connectivity index (χ4v) is 3.52. The van der Waals surface area contributed by atoms with E-state index in [9.17, 15) is 0 Å². The van der Waals surface area contributed by atoms with Crippen LogP contribution in [0.3, 0.4) is 0 Å². The zero-order valence-corrected chi connectivity index (χ0v) is 10.9.